The van der Waals surface area contributed by atoms with E-state index in [1.165, 1.54) is 11.3 Å². The second kappa shape index (κ2) is 8.43. The highest BCUT2D eigenvalue weighted by atomic mass is 32.1. The largest absolute Gasteiger partial charge is 0.333 e. The highest BCUT2D eigenvalue weighted by Crippen LogP contribution is 2.27. The minimum atomic E-state index is -0.158. The predicted octanol–water partition coefficient (Wildman–Crippen LogP) is 3.45. The summed E-state index contributed by atoms with van der Waals surface area (Å²) in [5.74, 6) is 0.610. The molecule has 1 aromatic heterocycles. The summed E-state index contributed by atoms with van der Waals surface area (Å²) in [6, 6.07) is 0. The molecule has 2 amide bonds. The Labute approximate surface area is 142 Å². The van der Waals surface area contributed by atoms with Crippen molar-refractivity contribution in [1.29, 1.82) is 0 Å². The molecule has 0 aromatic carbocycles. The van der Waals surface area contributed by atoms with Crippen molar-refractivity contribution in [2.45, 2.75) is 52.9 Å². The molecular formula is C17H27N3O2S. The Morgan fingerprint density at radius 3 is 2.65 bits per heavy atom. The Balaban J connectivity index is 1.94. The van der Waals surface area contributed by atoms with Crippen LogP contribution in [0.15, 0.2) is 6.20 Å². The first kappa shape index (κ1) is 17.9. The van der Waals surface area contributed by atoms with Crippen molar-refractivity contribution in [3.8, 4) is 0 Å². The van der Waals surface area contributed by atoms with E-state index in [1.807, 2.05) is 6.92 Å². The van der Waals surface area contributed by atoms with Crippen LogP contribution in [0.25, 0.3) is 0 Å². The van der Waals surface area contributed by atoms with Gasteiger partial charge in [-0.05, 0) is 32.1 Å². The van der Waals surface area contributed by atoms with Crippen LogP contribution in [0.1, 0.15) is 50.8 Å². The summed E-state index contributed by atoms with van der Waals surface area (Å²) in [7, 11) is 0. The molecule has 0 saturated heterocycles. The molecule has 1 saturated carbocycles. The maximum atomic E-state index is 12.7. The van der Waals surface area contributed by atoms with Gasteiger partial charge in [0.15, 0.2) is 5.13 Å². The van der Waals surface area contributed by atoms with Crippen LogP contribution in [-0.2, 0) is 9.59 Å². The van der Waals surface area contributed by atoms with Crippen LogP contribution < -0.4 is 5.32 Å². The van der Waals surface area contributed by atoms with Crippen LogP contribution in [-0.4, -0.2) is 34.8 Å². The number of thiazole rings is 1. The molecule has 5 nitrogen and oxygen atoms in total. The average Bonchev–Trinajstić information content (AvgIpc) is 3.14. The molecule has 1 aliphatic rings. The lowest BCUT2D eigenvalue weighted by Crippen LogP contribution is -2.41. The first-order valence-electron chi connectivity index (χ1n) is 8.46. The fraction of sp³-hybridized carbons (Fsp3) is 0.706. The third kappa shape index (κ3) is 5.61. The molecule has 1 aromatic rings. The third-order valence-corrected chi connectivity index (χ3v) is 5.02. The maximum absolute atomic E-state index is 12.7. The molecule has 0 bridgehead atoms. The SMILES string of the molecule is Cc1cnc(NC(=O)CN(CCC(C)C)C(=O)C2CCCC2)s1. The summed E-state index contributed by atoms with van der Waals surface area (Å²) in [6.45, 7) is 7.00. The van der Waals surface area contributed by atoms with Crippen LogP contribution in [0, 0.1) is 18.8 Å². The van der Waals surface area contributed by atoms with Crippen LogP contribution in [0.2, 0.25) is 0 Å². The van der Waals surface area contributed by atoms with Gasteiger partial charge < -0.3 is 10.2 Å². The summed E-state index contributed by atoms with van der Waals surface area (Å²) in [6.07, 6.45) is 6.83. The normalized spacial score (nSPS) is 15.1. The standard InChI is InChI=1S/C17H27N3O2S/c1-12(2)8-9-20(16(22)14-6-4-5-7-14)11-15(21)19-17-18-10-13(3)23-17/h10,12,14H,4-9,11H2,1-3H3,(H,18,19,21). The summed E-state index contributed by atoms with van der Waals surface area (Å²) >= 11 is 1.45. The number of hydrogen-bond donors (Lipinski definition) is 1. The van der Waals surface area contributed by atoms with Gasteiger partial charge >= 0.3 is 0 Å². The monoisotopic (exact) mass is 337 g/mol. The molecular weight excluding hydrogens is 310 g/mol. The molecule has 6 heteroatoms. The summed E-state index contributed by atoms with van der Waals surface area (Å²) in [5.41, 5.74) is 0. The zero-order valence-electron chi connectivity index (χ0n) is 14.3. The van der Waals surface area contributed by atoms with E-state index < -0.39 is 0 Å². The molecule has 0 aliphatic heterocycles. The number of aryl methyl sites for hydroxylation is 1. The van der Waals surface area contributed by atoms with E-state index >= 15 is 0 Å². The van der Waals surface area contributed by atoms with E-state index in [0.717, 1.165) is 37.0 Å². The second-order valence-electron chi connectivity index (χ2n) is 6.75. The van der Waals surface area contributed by atoms with E-state index in [1.54, 1.807) is 11.1 Å². The van der Waals surface area contributed by atoms with Crippen molar-refractivity contribution in [2.75, 3.05) is 18.4 Å². The topological polar surface area (TPSA) is 62.3 Å². The molecule has 0 unspecified atom stereocenters. The Morgan fingerprint density at radius 1 is 1.39 bits per heavy atom. The van der Waals surface area contributed by atoms with Crippen LogP contribution >= 0.6 is 11.3 Å². The molecule has 1 aliphatic carbocycles. The summed E-state index contributed by atoms with van der Waals surface area (Å²) in [5, 5.41) is 3.40. The molecule has 0 spiro atoms. The first-order chi connectivity index (χ1) is 11.0. The van der Waals surface area contributed by atoms with E-state index in [4.69, 9.17) is 0 Å². The first-order valence-corrected chi connectivity index (χ1v) is 9.28. The van der Waals surface area contributed by atoms with Gasteiger partial charge in [-0.3, -0.25) is 9.59 Å². The van der Waals surface area contributed by atoms with Crippen molar-refractivity contribution in [1.82, 2.24) is 9.88 Å². The van der Waals surface area contributed by atoms with Crippen molar-refractivity contribution in [3.63, 3.8) is 0 Å². The summed E-state index contributed by atoms with van der Waals surface area (Å²) < 4.78 is 0. The van der Waals surface area contributed by atoms with Gasteiger partial charge in [-0.1, -0.05) is 26.7 Å². The molecule has 128 valence electrons. The molecule has 1 fully saturated rings. The van der Waals surface area contributed by atoms with E-state index in [0.29, 0.717) is 17.6 Å². The van der Waals surface area contributed by atoms with Gasteiger partial charge in [-0.25, -0.2) is 4.98 Å². The van der Waals surface area contributed by atoms with Gasteiger partial charge in [-0.15, -0.1) is 11.3 Å². The number of anilines is 1. The number of nitrogens with one attached hydrogen (secondary N) is 1. The van der Waals surface area contributed by atoms with Gasteiger partial charge in [-0.2, -0.15) is 0 Å². The fourth-order valence-electron chi connectivity index (χ4n) is 2.86. The number of carbonyl (C=O) groups is 2. The van der Waals surface area contributed by atoms with Gasteiger partial charge in [0.05, 0.1) is 6.54 Å². The highest BCUT2D eigenvalue weighted by Gasteiger charge is 2.28. The molecule has 1 N–H and O–H groups in total. The maximum Gasteiger partial charge on any atom is 0.245 e. The van der Waals surface area contributed by atoms with Crippen LogP contribution in [0.5, 0.6) is 0 Å². The molecule has 2 rings (SSSR count). The lowest BCUT2D eigenvalue weighted by Gasteiger charge is -2.25. The van der Waals surface area contributed by atoms with Gasteiger partial charge in [0.1, 0.15) is 0 Å². The highest BCUT2D eigenvalue weighted by molar-refractivity contribution is 7.15. The number of carbonyl (C=O) groups excluding carboxylic acids is 2. The number of rotatable bonds is 7. The smallest absolute Gasteiger partial charge is 0.245 e. The van der Waals surface area contributed by atoms with Crippen molar-refractivity contribution >= 4 is 28.3 Å². The fourth-order valence-corrected chi connectivity index (χ4v) is 3.54. The Hall–Kier alpha value is -1.43. The summed E-state index contributed by atoms with van der Waals surface area (Å²) in [4.78, 5) is 31.9. The molecule has 23 heavy (non-hydrogen) atoms. The Bertz CT molecular complexity index is 536. The zero-order chi connectivity index (χ0) is 16.8. The van der Waals surface area contributed by atoms with Gasteiger partial charge in [0, 0.05) is 23.5 Å². The predicted molar refractivity (Wildman–Crippen MR) is 93.5 cm³/mol. The quantitative estimate of drug-likeness (QED) is 0.829. The number of amides is 2. The van der Waals surface area contributed by atoms with Crippen molar-refractivity contribution in [2.24, 2.45) is 11.8 Å². The number of aromatic nitrogens is 1. The van der Waals surface area contributed by atoms with E-state index in [2.05, 4.69) is 24.1 Å². The number of nitrogens with zero attached hydrogens (tertiary/aromatic N) is 2. The van der Waals surface area contributed by atoms with E-state index in [-0.39, 0.29) is 24.3 Å². The van der Waals surface area contributed by atoms with Gasteiger partial charge in [0.2, 0.25) is 11.8 Å². The lowest BCUT2D eigenvalue weighted by molar-refractivity contribution is -0.138. The second-order valence-corrected chi connectivity index (χ2v) is 7.98. The zero-order valence-corrected chi connectivity index (χ0v) is 15.1. The average molecular weight is 337 g/mol. The number of hydrogen-bond acceptors (Lipinski definition) is 4. The van der Waals surface area contributed by atoms with E-state index in [9.17, 15) is 9.59 Å². The molecule has 0 radical (unpaired) electrons. The van der Waals surface area contributed by atoms with Gasteiger partial charge in [0.25, 0.3) is 0 Å². The van der Waals surface area contributed by atoms with Crippen molar-refractivity contribution in [3.05, 3.63) is 11.1 Å². The lowest BCUT2D eigenvalue weighted by atomic mass is 10.1. The Morgan fingerprint density at radius 2 is 2.09 bits per heavy atom. The molecule has 1 heterocycles. The van der Waals surface area contributed by atoms with Crippen LogP contribution in [0.4, 0.5) is 5.13 Å². The van der Waals surface area contributed by atoms with Crippen molar-refractivity contribution < 1.29 is 9.59 Å². The third-order valence-electron chi connectivity index (χ3n) is 4.19. The minimum absolute atomic E-state index is 0.108. The molecule has 0 atom stereocenters. The van der Waals surface area contributed by atoms with Crippen LogP contribution in [0.3, 0.4) is 0 Å². The Kier molecular flexibility index (Phi) is 6.57. The minimum Gasteiger partial charge on any atom is -0.333 e.